The lowest BCUT2D eigenvalue weighted by atomic mass is 10.0. The van der Waals surface area contributed by atoms with Crippen molar-refractivity contribution in [3.63, 3.8) is 0 Å². The summed E-state index contributed by atoms with van der Waals surface area (Å²) in [7, 11) is 0. The summed E-state index contributed by atoms with van der Waals surface area (Å²) in [4.78, 5) is 0. The summed E-state index contributed by atoms with van der Waals surface area (Å²) in [5, 5.41) is 7.52. The Bertz CT molecular complexity index is 284. The van der Waals surface area contributed by atoms with Crippen LogP contribution in [-0.4, -0.2) is 22.9 Å². The quantitative estimate of drug-likeness (QED) is 0.750. The molecule has 0 bridgehead atoms. The molecule has 3 heteroatoms. The highest BCUT2D eigenvalue weighted by atomic mass is 15.2. The van der Waals surface area contributed by atoms with Crippen LogP contribution in [-0.2, 0) is 6.42 Å². The largest absolute Gasteiger partial charge is 0.316 e. The van der Waals surface area contributed by atoms with Gasteiger partial charge < -0.3 is 5.32 Å². The molecule has 70 valence electrons. The van der Waals surface area contributed by atoms with Crippen molar-refractivity contribution in [1.29, 1.82) is 0 Å². The molecule has 0 aliphatic carbocycles. The summed E-state index contributed by atoms with van der Waals surface area (Å²) in [6.45, 7) is 5.98. The maximum atomic E-state index is 4.15. The van der Waals surface area contributed by atoms with E-state index in [1.54, 1.807) is 10.9 Å². The molecule has 2 heterocycles. The third-order valence-corrected chi connectivity index (χ3v) is 2.53. The van der Waals surface area contributed by atoms with Crippen molar-refractivity contribution in [3.05, 3.63) is 24.5 Å². The molecule has 13 heavy (non-hydrogen) atoms. The molecule has 1 aromatic rings. The van der Waals surface area contributed by atoms with Gasteiger partial charge in [-0.15, -0.1) is 0 Å². The van der Waals surface area contributed by atoms with E-state index in [4.69, 9.17) is 0 Å². The molecule has 1 atom stereocenters. The summed E-state index contributed by atoms with van der Waals surface area (Å²) in [6, 6.07) is 0. The van der Waals surface area contributed by atoms with Crippen LogP contribution < -0.4 is 5.32 Å². The van der Waals surface area contributed by atoms with Gasteiger partial charge in [0.15, 0.2) is 0 Å². The molecule has 0 radical (unpaired) electrons. The second kappa shape index (κ2) is 3.75. The number of hydrogen-bond acceptors (Lipinski definition) is 2. The lowest BCUT2D eigenvalue weighted by Gasteiger charge is -2.04. The maximum absolute atomic E-state index is 4.15. The summed E-state index contributed by atoms with van der Waals surface area (Å²) < 4.78 is 1.76. The zero-order valence-electron chi connectivity index (χ0n) is 7.74. The van der Waals surface area contributed by atoms with Crippen molar-refractivity contribution in [3.8, 4) is 0 Å². The Kier molecular flexibility index (Phi) is 2.45. The van der Waals surface area contributed by atoms with Gasteiger partial charge in [0.25, 0.3) is 0 Å². The molecule has 0 spiro atoms. The average Bonchev–Trinajstić information content (AvgIpc) is 2.76. The summed E-state index contributed by atoms with van der Waals surface area (Å²) in [5.74, 6) is 0.794. The van der Waals surface area contributed by atoms with Crippen LogP contribution in [0.5, 0.6) is 0 Å². The molecular formula is C10H15N3. The van der Waals surface area contributed by atoms with Gasteiger partial charge in [0.2, 0.25) is 0 Å². The topological polar surface area (TPSA) is 29.9 Å². The molecule has 0 aromatic carbocycles. The van der Waals surface area contributed by atoms with Crippen LogP contribution in [0.1, 0.15) is 12.0 Å². The summed E-state index contributed by atoms with van der Waals surface area (Å²) >= 11 is 0. The third kappa shape index (κ3) is 1.98. The molecule has 1 aliphatic rings. The average molecular weight is 177 g/mol. The van der Waals surface area contributed by atoms with Crippen LogP contribution in [0.2, 0.25) is 0 Å². The highest BCUT2D eigenvalue weighted by Gasteiger charge is 2.15. The van der Waals surface area contributed by atoms with E-state index in [9.17, 15) is 0 Å². The van der Waals surface area contributed by atoms with Crippen LogP contribution in [0, 0.1) is 5.92 Å². The SMILES string of the molecule is C=Cn1cc(CC2CCNC2)cn1. The molecule has 0 saturated carbocycles. The lowest BCUT2D eigenvalue weighted by Crippen LogP contribution is -2.10. The Morgan fingerprint density at radius 3 is 3.31 bits per heavy atom. The molecular weight excluding hydrogens is 162 g/mol. The standard InChI is InChI=1S/C10H15N3/c1-2-13-8-10(7-12-13)5-9-3-4-11-6-9/h2,7-9,11H,1,3-6H2. The van der Waals surface area contributed by atoms with E-state index in [2.05, 4.69) is 17.0 Å². The molecule has 1 aromatic heterocycles. The minimum absolute atomic E-state index is 0.794. The minimum Gasteiger partial charge on any atom is -0.316 e. The van der Waals surface area contributed by atoms with Gasteiger partial charge in [0.05, 0.1) is 6.20 Å². The minimum atomic E-state index is 0.794. The molecule has 1 N–H and O–H groups in total. The first kappa shape index (κ1) is 8.51. The Labute approximate surface area is 78.4 Å². The molecule has 0 amide bonds. The zero-order chi connectivity index (χ0) is 9.10. The van der Waals surface area contributed by atoms with Gasteiger partial charge >= 0.3 is 0 Å². The van der Waals surface area contributed by atoms with Gasteiger partial charge in [0.1, 0.15) is 0 Å². The van der Waals surface area contributed by atoms with E-state index >= 15 is 0 Å². The first-order chi connectivity index (χ1) is 6.38. The highest BCUT2D eigenvalue weighted by Crippen LogP contribution is 2.14. The number of hydrogen-bond donors (Lipinski definition) is 1. The van der Waals surface area contributed by atoms with E-state index in [1.165, 1.54) is 18.5 Å². The van der Waals surface area contributed by atoms with E-state index in [-0.39, 0.29) is 0 Å². The molecule has 3 nitrogen and oxygen atoms in total. The van der Waals surface area contributed by atoms with E-state index < -0.39 is 0 Å². The molecule has 1 unspecified atom stereocenters. The summed E-state index contributed by atoms with van der Waals surface area (Å²) in [5.41, 5.74) is 1.31. The van der Waals surface area contributed by atoms with Crippen LogP contribution in [0.15, 0.2) is 19.0 Å². The van der Waals surface area contributed by atoms with Crippen molar-refractivity contribution in [1.82, 2.24) is 15.1 Å². The van der Waals surface area contributed by atoms with Gasteiger partial charge in [-0.1, -0.05) is 6.58 Å². The Hall–Kier alpha value is -1.09. The van der Waals surface area contributed by atoms with E-state index in [0.29, 0.717) is 0 Å². The van der Waals surface area contributed by atoms with Crippen molar-refractivity contribution in [2.75, 3.05) is 13.1 Å². The first-order valence-electron chi connectivity index (χ1n) is 4.75. The fraction of sp³-hybridized carbons (Fsp3) is 0.500. The molecule has 1 saturated heterocycles. The summed E-state index contributed by atoms with van der Waals surface area (Å²) in [6.07, 6.45) is 8.13. The maximum Gasteiger partial charge on any atom is 0.0526 e. The second-order valence-electron chi connectivity index (χ2n) is 3.57. The van der Waals surface area contributed by atoms with Gasteiger partial charge in [-0.05, 0) is 37.4 Å². The number of aromatic nitrogens is 2. The fourth-order valence-electron chi connectivity index (χ4n) is 1.80. The fourth-order valence-corrected chi connectivity index (χ4v) is 1.80. The Morgan fingerprint density at radius 2 is 2.69 bits per heavy atom. The number of nitrogens with one attached hydrogen (secondary N) is 1. The van der Waals surface area contributed by atoms with Crippen molar-refractivity contribution in [2.24, 2.45) is 5.92 Å². The van der Waals surface area contributed by atoms with Crippen molar-refractivity contribution < 1.29 is 0 Å². The van der Waals surface area contributed by atoms with Gasteiger partial charge in [-0.25, -0.2) is 4.68 Å². The molecule has 2 rings (SSSR count). The normalized spacial score (nSPS) is 22.0. The van der Waals surface area contributed by atoms with Crippen molar-refractivity contribution >= 4 is 6.20 Å². The molecule has 1 fully saturated rings. The smallest absolute Gasteiger partial charge is 0.0526 e. The van der Waals surface area contributed by atoms with Crippen LogP contribution in [0.3, 0.4) is 0 Å². The Morgan fingerprint density at radius 1 is 1.77 bits per heavy atom. The predicted octanol–water partition coefficient (Wildman–Crippen LogP) is 1.14. The van der Waals surface area contributed by atoms with Crippen LogP contribution >= 0.6 is 0 Å². The lowest BCUT2D eigenvalue weighted by molar-refractivity contribution is 0.580. The van der Waals surface area contributed by atoms with E-state index in [1.807, 2.05) is 12.4 Å². The van der Waals surface area contributed by atoms with Crippen LogP contribution in [0.25, 0.3) is 6.20 Å². The first-order valence-corrected chi connectivity index (χ1v) is 4.75. The highest BCUT2D eigenvalue weighted by molar-refractivity contribution is 5.18. The van der Waals surface area contributed by atoms with E-state index in [0.717, 1.165) is 18.9 Å². The number of rotatable bonds is 3. The van der Waals surface area contributed by atoms with Gasteiger partial charge in [-0.3, -0.25) is 0 Å². The third-order valence-electron chi connectivity index (χ3n) is 2.53. The van der Waals surface area contributed by atoms with Crippen molar-refractivity contribution in [2.45, 2.75) is 12.8 Å². The van der Waals surface area contributed by atoms with Gasteiger partial charge in [-0.2, -0.15) is 5.10 Å². The monoisotopic (exact) mass is 177 g/mol. The Balaban J connectivity index is 1.96. The van der Waals surface area contributed by atoms with Crippen LogP contribution in [0.4, 0.5) is 0 Å². The number of nitrogens with zero attached hydrogens (tertiary/aromatic N) is 2. The second-order valence-corrected chi connectivity index (χ2v) is 3.57. The predicted molar refractivity (Wildman–Crippen MR) is 53.3 cm³/mol. The van der Waals surface area contributed by atoms with Gasteiger partial charge in [0, 0.05) is 12.4 Å². The zero-order valence-corrected chi connectivity index (χ0v) is 7.74. The molecule has 1 aliphatic heterocycles.